The monoisotopic (exact) mass is 429 g/mol. The van der Waals surface area contributed by atoms with Gasteiger partial charge in [-0.1, -0.05) is 36.4 Å². The Bertz CT molecular complexity index is 1170. The summed E-state index contributed by atoms with van der Waals surface area (Å²) >= 11 is 0. The fourth-order valence-corrected chi connectivity index (χ4v) is 7.06. The second-order valence-corrected chi connectivity index (χ2v) is 10.4. The van der Waals surface area contributed by atoms with E-state index < -0.39 is 17.1 Å². The second kappa shape index (κ2) is 6.24. The van der Waals surface area contributed by atoms with Crippen LogP contribution in [-0.4, -0.2) is 51.7 Å². The number of hydrogen-bond donors (Lipinski definition) is 2. The highest BCUT2D eigenvalue weighted by Crippen LogP contribution is 2.65. The van der Waals surface area contributed by atoms with E-state index in [4.69, 9.17) is 4.74 Å². The maximum Gasteiger partial charge on any atom is 0.200 e. The molecule has 0 amide bonds. The predicted molar refractivity (Wildman–Crippen MR) is 120 cm³/mol. The molecular weight excluding hydrogens is 402 g/mol. The van der Waals surface area contributed by atoms with Gasteiger partial charge in [-0.2, -0.15) is 0 Å². The van der Waals surface area contributed by atoms with Crippen LogP contribution < -0.4 is 4.74 Å². The highest BCUT2D eigenvalue weighted by molar-refractivity contribution is 6.06. The first kappa shape index (κ1) is 18.9. The first-order valence-corrected chi connectivity index (χ1v) is 11.8. The van der Waals surface area contributed by atoms with Crippen molar-refractivity contribution in [3.8, 4) is 11.5 Å². The van der Waals surface area contributed by atoms with E-state index in [1.54, 1.807) is 6.07 Å². The Labute approximate surface area is 187 Å². The number of nitrogens with zero attached hydrogens (tertiary/aromatic N) is 1. The van der Waals surface area contributed by atoms with E-state index in [0.717, 1.165) is 42.1 Å². The average Bonchev–Trinajstić information content (AvgIpc) is 3.52. The minimum absolute atomic E-state index is 0.0572. The van der Waals surface area contributed by atoms with E-state index >= 15 is 0 Å². The number of piperidine rings is 1. The van der Waals surface area contributed by atoms with Crippen molar-refractivity contribution in [3.05, 3.63) is 64.7 Å². The third-order valence-electron chi connectivity index (χ3n) is 8.67. The van der Waals surface area contributed by atoms with Gasteiger partial charge in [-0.15, -0.1) is 0 Å². The molecule has 2 heterocycles. The van der Waals surface area contributed by atoms with Crippen molar-refractivity contribution in [2.45, 2.75) is 55.3 Å². The van der Waals surface area contributed by atoms with Crippen LogP contribution in [0.15, 0.2) is 48.0 Å². The Morgan fingerprint density at radius 3 is 2.75 bits per heavy atom. The zero-order valence-electron chi connectivity index (χ0n) is 18.0. The molecule has 1 saturated heterocycles. The van der Waals surface area contributed by atoms with Crippen molar-refractivity contribution < 1.29 is 19.7 Å². The number of aromatic hydroxyl groups is 1. The number of ketones is 1. The summed E-state index contributed by atoms with van der Waals surface area (Å²) in [6, 6.07) is 13.4. The van der Waals surface area contributed by atoms with Gasteiger partial charge in [0.15, 0.2) is 23.4 Å². The topological polar surface area (TPSA) is 70.0 Å². The summed E-state index contributed by atoms with van der Waals surface area (Å²) in [7, 11) is 0. The van der Waals surface area contributed by atoms with E-state index in [-0.39, 0.29) is 17.6 Å². The Kier molecular flexibility index (Phi) is 3.68. The molecular formula is C27H27NO4. The fraction of sp³-hybridized carbons (Fsp3) is 0.444. The van der Waals surface area contributed by atoms with Gasteiger partial charge < -0.3 is 14.9 Å². The van der Waals surface area contributed by atoms with Crippen molar-refractivity contribution in [1.82, 2.24) is 4.90 Å². The lowest BCUT2D eigenvalue weighted by molar-refractivity contribution is -0.179. The van der Waals surface area contributed by atoms with Crippen LogP contribution in [0.1, 0.15) is 42.4 Å². The van der Waals surface area contributed by atoms with Gasteiger partial charge in [0.1, 0.15) is 0 Å². The van der Waals surface area contributed by atoms with Gasteiger partial charge in [0, 0.05) is 30.1 Å². The number of carbonyl (C=O) groups is 1. The van der Waals surface area contributed by atoms with Crippen LogP contribution in [0.4, 0.5) is 0 Å². The zero-order valence-corrected chi connectivity index (χ0v) is 18.0. The van der Waals surface area contributed by atoms with Crippen molar-refractivity contribution in [3.63, 3.8) is 0 Å². The van der Waals surface area contributed by atoms with Crippen molar-refractivity contribution >= 4 is 11.9 Å². The van der Waals surface area contributed by atoms with E-state index in [9.17, 15) is 15.0 Å². The molecule has 0 radical (unpaired) electrons. The van der Waals surface area contributed by atoms with Crippen molar-refractivity contribution in [1.29, 1.82) is 0 Å². The third kappa shape index (κ3) is 2.28. The minimum atomic E-state index is -1.11. The van der Waals surface area contributed by atoms with Crippen LogP contribution in [0.25, 0.3) is 6.08 Å². The minimum Gasteiger partial charge on any atom is -0.504 e. The molecule has 2 aliphatic heterocycles. The van der Waals surface area contributed by atoms with E-state index in [1.807, 2.05) is 42.5 Å². The second-order valence-electron chi connectivity index (χ2n) is 10.4. The van der Waals surface area contributed by atoms with Crippen molar-refractivity contribution in [2.75, 3.05) is 13.1 Å². The average molecular weight is 430 g/mol. The lowest BCUT2D eigenvalue weighted by Crippen LogP contribution is -2.77. The number of rotatable bonds is 3. The summed E-state index contributed by atoms with van der Waals surface area (Å²) in [4.78, 5) is 16.3. The van der Waals surface area contributed by atoms with Gasteiger partial charge >= 0.3 is 0 Å². The first-order chi connectivity index (χ1) is 15.5. The Morgan fingerprint density at radius 1 is 1.16 bits per heavy atom. The lowest BCUT2D eigenvalue weighted by Gasteiger charge is -2.62. The summed E-state index contributed by atoms with van der Waals surface area (Å²) in [5, 5.41) is 23.2. The van der Waals surface area contributed by atoms with Gasteiger partial charge in [-0.05, 0) is 61.4 Å². The summed E-state index contributed by atoms with van der Waals surface area (Å²) in [6.07, 6.45) is 5.37. The van der Waals surface area contributed by atoms with Crippen LogP contribution in [0, 0.1) is 5.92 Å². The number of phenols is 1. The highest BCUT2D eigenvalue weighted by atomic mass is 16.5. The van der Waals surface area contributed by atoms with E-state index in [2.05, 4.69) is 4.90 Å². The van der Waals surface area contributed by atoms with Crippen LogP contribution >= 0.6 is 0 Å². The molecule has 5 aliphatic rings. The van der Waals surface area contributed by atoms with Crippen LogP contribution in [0.3, 0.4) is 0 Å². The zero-order chi connectivity index (χ0) is 21.7. The molecule has 2 saturated carbocycles. The molecule has 164 valence electrons. The van der Waals surface area contributed by atoms with Crippen LogP contribution in [0.2, 0.25) is 0 Å². The molecule has 4 atom stereocenters. The quantitative estimate of drug-likeness (QED) is 0.734. The van der Waals surface area contributed by atoms with E-state index in [1.165, 1.54) is 12.8 Å². The van der Waals surface area contributed by atoms with Crippen LogP contribution in [0.5, 0.6) is 11.5 Å². The molecule has 3 aliphatic carbocycles. The normalized spacial score (nSPS) is 36.2. The van der Waals surface area contributed by atoms with Gasteiger partial charge in [-0.3, -0.25) is 9.69 Å². The molecule has 2 N–H and O–H groups in total. The Hall–Kier alpha value is -2.63. The third-order valence-corrected chi connectivity index (χ3v) is 8.67. The molecule has 7 rings (SSSR count). The number of likely N-dealkylation sites (tertiary alicyclic amines) is 1. The Balaban J connectivity index is 1.42. The molecule has 1 unspecified atom stereocenters. The molecule has 5 heteroatoms. The number of aliphatic hydroxyl groups is 1. The molecule has 0 aromatic heterocycles. The van der Waals surface area contributed by atoms with Crippen LogP contribution in [-0.2, 0) is 16.6 Å². The molecule has 2 aromatic carbocycles. The number of carbonyl (C=O) groups excluding carboxylic acids is 1. The van der Waals surface area contributed by atoms with Gasteiger partial charge in [0.25, 0.3) is 0 Å². The molecule has 2 aromatic rings. The number of Topliss-reactive ketones (excluding diaryl/α,β-unsaturated/α-hetero) is 1. The predicted octanol–water partition coefficient (Wildman–Crippen LogP) is 3.22. The van der Waals surface area contributed by atoms with E-state index in [0.29, 0.717) is 24.2 Å². The van der Waals surface area contributed by atoms with Gasteiger partial charge in [0.05, 0.1) is 11.0 Å². The maximum atomic E-state index is 13.8. The largest absolute Gasteiger partial charge is 0.504 e. The summed E-state index contributed by atoms with van der Waals surface area (Å²) in [6.45, 7) is 1.86. The summed E-state index contributed by atoms with van der Waals surface area (Å²) < 4.78 is 6.26. The molecule has 5 nitrogen and oxygen atoms in total. The molecule has 2 bridgehead atoms. The van der Waals surface area contributed by atoms with Crippen molar-refractivity contribution in [2.24, 2.45) is 5.92 Å². The fourth-order valence-electron chi connectivity index (χ4n) is 7.06. The van der Waals surface area contributed by atoms with Gasteiger partial charge in [-0.25, -0.2) is 0 Å². The number of benzene rings is 2. The Morgan fingerprint density at radius 2 is 1.97 bits per heavy atom. The SMILES string of the molecule is O=C1C(=Cc2ccccc2)C[C@]2(O)C3Cc4ccc(O)c5c4[C@]2(CCN3CC2CC2)[C@H]1O5. The summed E-state index contributed by atoms with van der Waals surface area (Å²) in [5.41, 5.74) is 1.67. The number of ether oxygens (including phenoxy) is 1. The van der Waals surface area contributed by atoms with Gasteiger partial charge in [0.2, 0.25) is 0 Å². The number of hydrogen-bond acceptors (Lipinski definition) is 5. The maximum absolute atomic E-state index is 13.8. The standard InChI is InChI=1S/C27H27NO4/c29-20-9-8-18-13-21-27(31)14-19(12-16-4-2-1-3-5-16)23(30)25-26(27,22(18)24(20)32-25)10-11-28(21)15-17-6-7-17/h1-5,8-9,12,17,21,25,29,31H,6-7,10-11,13-15H2/t21?,25-,26+,27-/m0/s1. The molecule has 32 heavy (non-hydrogen) atoms. The molecule has 1 spiro atoms. The highest BCUT2D eigenvalue weighted by Gasteiger charge is 2.74. The smallest absolute Gasteiger partial charge is 0.200 e. The summed E-state index contributed by atoms with van der Waals surface area (Å²) in [5.74, 6) is 1.14. The first-order valence-electron chi connectivity index (χ1n) is 11.8. The number of phenolic OH excluding ortho intramolecular Hbond substituents is 1. The molecule has 3 fully saturated rings. The lowest BCUT2D eigenvalue weighted by atomic mass is 9.48.